The number of carbonyl (C=O) groups excluding carboxylic acids is 1. The lowest BCUT2D eigenvalue weighted by molar-refractivity contribution is -0.119. The second-order valence-electron chi connectivity index (χ2n) is 3.86. The molecule has 0 heterocycles. The SMILES string of the molecule is [N-]=[N+]=CC(=O)C1CCc2ccccc2C1. The van der Waals surface area contributed by atoms with E-state index >= 15 is 0 Å². The van der Waals surface area contributed by atoms with Gasteiger partial charge in [-0.1, -0.05) is 24.3 Å². The molecule has 0 radical (unpaired) electrons. The summed E-state index contributed by atoms with van der Waals surface area (Å²) in [5.41, 5.74) is 10.9. The molecule has 3 nitrogen and oxygen atoms in total. The Labute approximate surface area is 88.4 Å². The van der Waals surface area contributed by atoms with Crippen molar-refractivity contribution in [2.45, 2.75) is 19.3 Å². The van der Waals surface area contributed by atoms with Gasteiger partial charge in [-0.05, 0) is 30.4 Å². The first-order valence-electron chi connectivity index (χ1n) is 5.09. The molecule has 0 aliphatic heterocycles. The molecule has 1 aliphatic rings. The Morgan fingerprint density at radius 2 is 2.13 bits per heavy atom. The molecule has 76 valence electrons. The first kappa shape index (κ1) is 9.81. The van der Waals surface area contributed by atoms with Crippen molar-refractivity contribution in [1.29, 1.82) is 0 Å². The molecule has 15 heavy (non-hydrogen) atoms. The second kappa shape index (κ2) is 4.20. The Hall–Kier alpha value is -1.73. The van der Waals surface area contributed by atoms with E-state index in [0.29, 0.717) is 0 Å². The summed E-state index contributed by atoms with van der Waals surface area (Å²) in [5, 5.41) is 0. The first-order valence-corrected chi connectivity index (χ1v) is 5.09. The minimum absolute atomic E-state index is 0.0178. The Kier molecular flexibility index (Phi) is 2.75. The van der Waals surface area contributed by atoms with Gasteiger partial charge in [0.2, 0.25) is 5.78 Å². The van der Waals surface area contributed by atoms with Gasteiger partial charge >= 0.3 is 6.21 Å². The molecule has 1 aromatic rings. The maximum Gasteiger partial charge on any atom is 0.323 e. The van der Waals surface area contributed by atoms with Crippen LogP contribution in [-0.4, -0.2) is 16.8 Å². The van der Waals surface area contributed by atoms with E-state index < -0.39 is 0 Å². The van der Waals surface area contributed by atoms with Gasteiger partial charge < -0.3 is 5.53 Å². The Bertz CT molecular complexity index is 433. The maximum absolute atomic E-state index is 11.5. The lowest BCUT2D eigenvalue weighted by Gasteiger charge is -2.21. The van der Waals surface area contributed by atoms with E-state index in [1.54, 1.807) is 0 Å². The molecule has 0 fully saturated rings. The van der Waals surface area contributed by atoms with E-state index in [0.717, 1.165) is 25.5 Å². The molecule has 1 unspecified atom stereocenters. The van der Waals surface area contributed by atoms with Gasteiger partial charge in [-0.2, -0.15) is 4.79 Å². The summed E-state index contributed by atoms with van der Waals surface area (Å²) in [6.45, 7) is 0. The van der Waals surface area contributed by atoms with Crippen LogP contribution in [0.1, 0.15) is 17.5 Å². The maximum atomic E-state index is 11.5. The van der Waals surface area contributed by atoms with Crippen LogP contribution in [0, 0.1) is 5.92 Å². The van der Waals surface area contributed by atoms with Gasteiger partial charge in [0, 0.05) is 5.92 Å². The minimum Gasteiger partial charge on any atom is -0.361 e. The molecule has 0 saturated heterocycles. The van der Waals surface area contributed by atoms with Crippen LogP contribution in [0.3, 0.4) is 0 Å². The topological polar surface area (TPSA) is 53.5 Å². The number of nitrogens with zero attached hydrogens (tertiary/aromatic N) is 2. The van der Waals surface area contributed by atoms with Crippen molar-refractivity contribution in [3.63, 3.8) is 0 Å². The quantitative estimate of drug-likeness (QED) is 0.407. The summed E-state index contributed by atoms with van der Waals surface area (Å²) in [7, 11) is 0. The highest BCUT2D eigenvalue weighted by Gasteiger charge is 2.25. The number of fused-ring (bicyclic) bond motifs is 1. The van der Waals surface area contributed by atoms with Crippen LogP contribution in [-0.2, 0) is 17.6 Å². The normalized spacial score (nSPS) is 18.8. The monoisotopic (exact) mass is 200 g/mol. The average Bonchev–Trinajstić information content (AvgIpc) is 2.29. The van der Waals surface area contributed by atoms with E-state index in [1.165, 1.54) is 11.1 Å². The molecule has 0 amide bonds. The van der Waals surface area contributed by atoms with Gasteiger partial charge in [0.1, 0.15) is 0 Å². The standard InChI is InChI=1S/C12H12N2O/c13-14-8-12(15)11-6-5-9-3-1-2-4-10(9)7-11/h1-4,8,11H,5-7H2. The third-order valence-corrected chi connectivity index (χ3v) is 2.93. The van der Waals surface area contributed by atoms with Crippen LogP contribution in [0.15, 0.2) is 24.3 Å². The van der Waals surface area contributed by atoms with E-state index in [2.05, 4.69) is 16.9 Å². The molecule has 0 aromatic heterocycles. The lowest BCUT2D eigenvalue weighted by Crippen LogP contribution is -2.23. The molecule has 0 N–H and O–H groups in total. The largest absolute Gasteiger partial charge is 0.361 e. The number of hydrogen-bond acceptors (Lipinski definition) is 1. The summed E-state index contributed by atoms with van der Waals surface area (Å²) in [6, 6.07) is 8.18. The summed E-state index contributed by atoms with van der Waals surface area (Å²) in [5.74, 6) is -0.0946. The van der Waals surface area contributed by atoms with Crippen molar-refractivity contribution >= 4 is 12.0 Å². The second-order valence-corrected chi connectivity index (χ2v) is 3.86. The van der Waals surface area contributed by atoms with Gasteiger partial charge in [-0.3, -0.25) is 4.79 Å². The van der Waals surface area contributed by atoms with Crippen LogP contribution < -0.4 is 0 Å². The third kappa shape index (κ3) is 2.03. The average molecular weight is 200 g/mol. The van der Waals surface area contributed by atoms with Gasteiger partial charge in [0.15, 0.2) is 0 Å². The highest BCUT2D eigenvalue weighted by Crippen LogP contribution is 2.25. The fraction of sp³-hybridized carbons (Fsp3) is 0.333. The number of carbonyl (C=O) groups is 1. The number of rotatable bonds is 2. The molecule has 1 atom stereocenters. The van der Waals surface area contributed by atoms with Gasteiger partial charge in [0.25, 0.3) is 0 Å². The molecule has 1 aliphatic carbocycles. The van der Waals surface area contributed by atoms with Gasteiger partial charge in [-0.25, -0.2) is 0 Å². The zero-order chi connectivity index (χ0) is 10.7. The van der Waals surface area contributed by atoms with Crippen molar-refractivity contribution in [2.24, 2.45) is 5.92 Å². The number of aryl methyl sites for hydroxylation is 1. The van der Waals surface area contributed by atoms with E-state index in [1.807, 2.05) is 12.1 Å². The minimum atomic E-state index is -0.0768. The number of hydrogen-bond donors (Lipinski definition) is 0. The van der Waals surface area contributed by atoms with E-state index in [4.69, 9.17) is 5.53 Å². The lowest BCUT2D eigenvalue weighted by atomic mass is 9.82. The Morgan fingerprint density at radius 1 is 1.40 bits per heavy atom. The molecule has 3 heteroatoms. The van der Waals surface area contributed by atoms with E-state index in [9.17, 15) is 4.79 Å². The van der Waals surface area contributed by atoms with Gasteiger partial charge in [-0.15, -0.1) is 0 Å². The fourth-order valence-electron chi connectivity index (χ4n) is 2.10. The third-order valence-electron chi connectivity index (χ3n) is 2.93. The molecule has 0 bridgehead atoms. The van der Waals surface area contributed by atoms with Crippen LogP contribution in [0.25, 0.3) is 5.53 Å². The summed E-state index contributed by atoms with van der Waals surface area (Å²) in [4.78, 5) is 14.3. The summed E-state index contributed by atoms with van der Waals surface area (Å²) in [6.07, 6.45) is 3.56. The first-order chi connectivity index (χ1) is 7.31. The van der Waals surface area contributed by atoms with Crippen molar-refractivity contribution in [3.05, 3.63) is 40.9 Å². The van der Waals surface area contributed by atoms with E-state index in [-0.39, 0.29) is 11.7 Å². The Balaban J connectivity index is 2.18. The summed E-state index contributed by atoms with van der Waals surface area (Å²) < 4.78 is 0. The van der Waals surface area contributed by atoms with Crippen LogP contribution in [0.2, 0.25) is 0 Å². The molecular formula is C12H12N2O. The molecular weight excluding hydrogens is 188 g/mol. The number of benzene rings is 1. The van der Waals surface area contributed by atoms with Crippen molar-refractivity contribution in [1.82, 2.24) is 0 Å². The smallest absolute Gasteiger partial charge is 0.323 e. The number of Topliss-reactive ketones (excluding diaryl/α,β-unsaturated/α-hetero) is 1. The highest BCUT2D eigenvalue weighted by molar-refractivity contribution is 6.26. The number of ketones is 1. The predicted octanol–water partition coefficient (Wildman–Crippen LogP) is 1.66. The van der Waals surface area contributed by atoms with Crippen LogP contribution in [0.4, 0.5) is 0 Å². The van der Waals surface area contributed by atoms with Gasteiger partial charge in [0.05, 0.1) is 0 Å². The van der Waals surface area contributed by atoms with Crippen molar-refractivity contribution in [2.75, 3.05) is 0 Å². The zero-order valence-corrected chi connectivity index (χ0v) is 8.39. The highest BCUT2D eigenvalue weighted by atomic mass is 16.1. The summed E-state index contributed by atoms with van der Waals surface area (Å²) >= 11 is 0. The molecule has 1 aromatic carbocycles. The zero-order valence-electron chi connectivity index (χ0n) is 8.39. The molecule has 0 spiro atoms. The van der Waals surface area contributed by atoms with Crippen LogP contribution >= 0.6 is 0 Å². The van der Waals surface area contributed by atoms with Crippen LogP contribution in [0.5, 0.6) is 0 Å². The molecule has 2 rings (SSSR count). The Morgan fingerprint density at radius 3 is 2.87 bits per heavy atom. The van der Waals surface area contributed by atoms with Crippen molar-refractivity contribution < 1.29 is 9.58 Å². The predicted molar refractivity (Wildman–Crippen MR) is 56.6 cm³/mol. The molecule has 0 saturated carbocycles. The van der Waals surface area contributed by atoms with Crippen molar-refractivity contribution in [3.8, 4) is 0 Å². The fourth-order valence-corrected chi connectivity index (χ4v) is 2.10.